The highest BCUT2D eigenvalue weighted by atomic mass is 35.5. The number of pyridine rings is 1. The second-order valence-corrected chi connectivity index (χ2v) is 8.06. The van der Waals surface area contributed by atoms with E-state index in [1.807, 2.05) is 0 Å². The highest BCUT2D eigenvalue weighted by Gasteiger charge is 2.30. The SMILES string of the molecule is CN(c1nc(C(=O)Nc2cnoc2)c(O)c(=O)n1C)C(c1ccccn1)c1c(Cl)cccc1Cl. The number of aromatic nitrogens is 4. The van der Waals surface area contributed by atoms with Crippen molar-refractivity contribution in [3.63, 3.8) is 0 Å². The fourth-order valence-electron chi connectivity index (χ4n) is 3.47. The second kappa shape index (κ2) is 9.54. The fourth-order valence-corrected chi connectivity index (χ4v) is 4.08. The Kier molecular flexibility index (Phi) is 6.53. The molecule has 174 valence electrons. The Morgan fingerprint density at radius 2 is 1.94 bits per heavy atom. The largest absolute Gasteiger partial charge is 0.501 e. The smallest absolute Gasteiger partial charge is 0.297 e. The first-order valence-electron chi connectivity index (χ1n) is 9.88. The van der Waals surface area contributed by atoms with Gasteiger partial charge in [-0.1, -0.05) is 40.5 Å². The van der Waals surface area contributed by atoms with Gasteiger partial charge in [0, 0.05) is 35.9 Å². The lowest BCUT2D eigenvalue weighted by molar-refractivity contribution is 0.101. The summed E-state index contributed by atoms with van der Waals surface area (Å²) in [6.45, 7) is 0. The molecule has 12 heteroatoms. The van der Waals surface area contributed by atoms with Crippen LogP contribution < -0.4 is 15.8 Å². The molecular formula is C22H18Cl2N6O4. The van der Waals surface area contributed by atoms with Crippen LogP contribution in [0.2, 0.25) is 10.0 Å². The van der Waals surface area contributed by atoms with Crippen molar-refractivity contribution in [2.45, 2.75) is 6.04 Å². The van der Waals surface area contributed by atoms with E-state index in [2.05, 4.69) is 25.0 Å². The van der Waals surface area contributed by atoms with E-state index in [1.54, 1.807) is 54.5 Å². The minimum absolute atomic E-state index is 0.0601. The van der Waals surface area contributed by atoms with Crippen LogP contribution in [0.3, 0.4) is 0 Å². The molecule has 0 fully saturated rings. The van der Waals surface area contributed by atoms with Crippen LogP contribution in [0.1, 0.15) is 27.8 Å². The number of halogens is 2. The quantitative estimate of drug-likeness (QED) is 0.410. The number of amides is 1. The molecule has 34 heavy (non-hydrogen) atoms. The van der Waals surface area contributed by atoms with Crippen LogP contribution in [-0.4, -0.2) is 37.8 Å². The maximum atomic E-state index is 12.8. The summed E-state index contributed by atoms with van der Waals surface area (Å²) >= 11 is 13.0. The molecule has 3 aromatic heterocycles. The predicted molar refractivity (Wildman–Crippen MR) is 127 cm³/mol. The summed E-state index contributed by atoms with van der Waals surface area (Å²) < 4.78 is 5.80. The number of benzene rings is 1. The van der Waals surface area contributed by atoms with Gasteiger partial charge in [-0.2, -0.15) is 0 Å². The van der Waals surface area contributed by atoms with Gasteiger partial charge in [0.2, 0.25) is 11.7 Å². The van der Waals surface area contributed by atoms with Crippen molar-refractivity contribution in [3.05, 3.63) is 92.4 Å². The van der Waals surface area contributed by atoms with Crippen LogP contribution in [0.25, 0.3) is 0 Å². The summed E-state index contributed by atoms with van der Waals surface area (Å²) in [4.78, 5) is 35.9. The number of anilines is 2. The summed E-state index contributed by atoms with van der Waals surface area (Å²) in [5.74, 6) is -1.57. The molecule has 1 amide bonds. The zero-order valence-electron chi connectivity index (χ0n) is 17.9. The first-order chi connectivity index (χ1) is 16.3. The molecule has 1 atom stereocenters. The van der Waals surface area contributed by atoms with Crippen molar-refractivity contribution >= 4 is 40.7 Å². The van der Waals surface area contributed by atoms with Crippen molar-refractivity contribution < 1.29 is 14.4 Å². The van der Waals surface area contributed by atoms with Gasteiger partial charge in [-0.3, -0.25) is 19.1 Å². The standard InChI is InChI=1S/C22H18Cl2N6O4/c1-29(18(15-8-3-4-9-25-15)16-13(23)6-5-7-14(16)24)22-28-17(19(31)21(33)30(22)2)20(32)27-12-10-26-34-11-12/h3-11,18,31H,1-2H3,(H,27,32). The lowest BCUT2D eigenvalue weighted by atomic mass is 10.0. The van der Waals surface area contributed by atoms with E-state index in [-0.39, 0.29) is 11.6 Å². The molecule has 2 N–H and O–H groups in total. The molecule has 3 heterocycles. The zero-order chi connectivity index (χ0) is 24.4. The number of carbonyl (C=O) groups is 1. The molecule has 1 aromatic carbocycles. The van der Waals surface area contributed by atoms with Crippen molar-refractivity contribution in [1.82, 2.24) is 19.7 Å². The van der Waals surface area contributed by atoms with Crippen LogP contribution >= 0.6 is 23.2 Å². The van der Waals surface area contributed by atoms with Crippen molar-refractivity contribution in [2.75, 3.05) is 17.3 Å². The van der Waals surface area contributed by atoms with Gasteiger partial charge in [-0.25, -0.2) is 4.98 Å². The Hall–Kier alpha value is -3.89. The second-order valence-electron chi connectivity index (χ2n) is 7.24. The Labute approximate surface area is 203 Å². The average Bonchev–Trinajstić information content (AvgIpc) is 3.33. The molecule has 0 saturated carbocycles. The number of hydrogen-bond acceptors (Lipinski definition) is 8. The molecule has 0 bridgehead atoms. The molecule has 0 aliphatic carbocycles. The number of hydrogen-bond donors (Lipinski definition) is 2. The molecule has 0 aliphatic heterocycles. The number of aromatic hydroxyl groups is 1. The van der Waals surface area contributed by atoms with Gasteiger partial charge < -0.3 is 19.8 Å². The van der Waals surface area contributed by atoms with Crippen LogP contribution in [-0.2, 0) is 7.05 Å². The van der Waals surface area contributed by atoms with Gasteiger partial charge >= 0.3 is 0 Å². The van der Waals surface area contributed by atoms with Crippen LogP contribution in [0.15, 0.2) is 64.4 Å². The Balaban J connectivity index is 1.86. The van der Waals surface area contributed by atoms with E-state index < -0.39 is 29.0 Å². The fraction of sp³-hybridized carbons (Fsp3) is 0.136. The highest BCUT2D eigenvalue weighted by Crippen LogP contribution is 2.38. The molecule has 10 nitrogen and oxygen atoms in total. The predicted octanol–water partition coefficient (Wildman–Crippen LogP) is 3.65. The minimum Gasteiger partial charge on any atom is -0.501 e. The third-order valence-corrected chi connectivity index (χ3v) is 5.75. The van der Waals surface area contributed by atoms with E-state index in [4.69, 9.17) is 23.2 Å². The molecule has 0 spiro atoms. The van der Waals surface area contributed by atoms with E-state index in [1.165, 1.54) is 19.5 Å². The topological polar surface area (TPSA) is 126 Å². The van der Waals surface area contributed by atoms with Crippen molar-refractivity contribution in [2.24, 2.45) is 7.05 Å². The summed E-state index contributed by atoms with van der Waals surface area (Å²) in [7, 11) is 3.08. The monoisotopic (exact) mass is 500 g/mol. The van der Waals surface area contributed by atoms with Gasteiger partial charge in [0.1, 0.15) is 18.0 Å². The van der Waals surface area contributed by atoms with Crippen molar-refractivity contribution in [3.8, 4) is 5.75 Å². The van der Waals surface area contributed by atoms with Crippen molar-refractivity contribution in [1.29, 1.82) is 0 Å². The van der Waals surface area contributed by atoms with E-state index in [0.717, 1.165) is 4.57 Å². The van der Waals surface area contributed by atoms with Gasteiger partial charge in [-0.15, -0.1) is 0 Å². The van der Waals surface area contributed by atoms with Gasteiger partial charge in [0.15, 0.2) is 5.69 Å². The first kappa shape index (κ1) is 23.3. The maximum Gasteiger partial charge on any atom is 0.297 e. The van der Waals surface area contributed by atoms with Gasteiger partial charge in [0.25, 0.3) is 11.5 Å². The first-order valence-corrected chi connectivity index (χ1v) is 10.6. The molecule has 0 radical (unpaired) electrons. The zero-order valence-corrected chi connectivity index (χ0v) is 19.4. The summed E-state index contributed by atoms with van der Waals surface area (Å²) in [6.07, 6.45) is 4.07. The Bertz CT molecular complexity index is 1370. The number of nitrogens with one attached hydrogen (secondary N) is 1. The summed E-state index contributed by atoms with van der Waals surface area (Å²) in [5.41, 5.74) is 0.0344. The lowest BCUT2D eigenvalue weighted by Gasteiger charge is -2.31. The van der Waals surface area contributed by atoms with E-state index in [0.29, 0.717) is 21.3 Å². The Morgan fingerprint density at radius 3 is 2.56 bits per heavy atom. The third-order valence-electron chi connectivity index (χ3n) is 5.09. The summed E-state index contributed by atoms with van der Waals surface area (Å²) in [6, 6.07) is 9.75. The van der Waals surface area contributed by atoms with Gasteiger partial charge in [-0.05, 0) is 24.3 Å². The van der Waals surface area contributed by atoms with Gasteiger partial charge in [0.05, 0.1) is 11.9 Å². The number of nitrogens with zero attached hydrogens (tertiary/aromatic N) is 5. The summed E-state index contributed by atoms with van der Waals surface area (Å²) in [5, 5.41) is 17.1. The maximum absolute atomic E-state index is 12.8. The molecule has 0 saturated heterocycles. The van der Waals surface area contributed by atoms with Crippen LogP contribution in [0.5, 0.6) is 5.75 Å². The van der Waals surface area contributed by atoms with Crippen LogP contribution in [0, 0.1) is 0 Å². The molecular weight excluding hydrogens is 483 g/mol. The third kappa shape index (κ3) is 4.33. The average molecular weight is 501 g/mol. The van der Waals surface area contributed by atoms with E-state index >= 15 is 0 Å². The highest BCUT2D eigenvalue weighted by molar-refractivity contribution is 6.36. The lowest BCUT2D eigenvalue weighted by Crippen LogP contribution is -2.34. The molecule has 4 rings (SSSR count). The van der Waals surface area contributed by atoms with E-state index in [9.17, 15) is 14.7 Å². The number of rotatable bonds is 6. The minimum atomic E-state index is -0.822. The normalized spacial score (nSPS) is 11.8. The molecule has 0 aliphatic rings. The molecule has 1 unspecified atom stereocenters. The number of carbonyl (C=O) groups excluding carboxylic acids is 1. The molecule has 4 aromatic rings. The van der Waals surface area contributed by atoms with Crippen LogP contribution in [0.4, 0.5) is 11.6 Å². The Morgan fingerprint density at radius 1 is 1.21 bits per heavy atom.